The number of nitriles is 1. The minimum atomic E-state index is -0.0964. The van der Waals surface area contributed by atoms with Gasteiger partial charge in [0.1, 0.15) is 18.1 Å². The molecule has 1 atom stereocenters. The van der Waals surface area contributed by atoms with E-state index in [1.807, 2.05) is 6.07 Å². The quantitative estimate of drug-likeness (QED) is 0.881. The fourth-order valence-corrected chi connectivity index (χ4v) is 2.15. The topological polar surface area (TPSA) is 72.4 Å². The van der Waals surface area contributed by atoms with Crippen molar-refractivity contribution in [1.82, 2.24) is 10.2 Å². The Balaban J connectivity index is 0.00000162. The molecule has 0 radical (unpaired) electrons. The van der Waals surface area contributed by atoms with Crippen LogP contribution in [0.3, 0.4) is 0 Å². The maximum atomic E-state index is 8.99. The first-order valence-corrected chi connectivity index (χ1v) is 5.86. The Morgan fingerprint density at radius 2 is 2.05 bits per heavy atom. The first-order valence-electron chi connectivity index (χ1n) is 5.86. The molecule has 7 heteroatoms. The van der Waals surface area contributed by atoms with E-state index in [4.69, 9.17) is 14.8 Å². The van der Waals surface area contributed by atoms with Crippen LogP contribution in [-0.2, 0) is 6.61 Å². The third-order valence-electron chi connectivity index (χ3n) is 3.04. The second-order valence-corrected chi connectivity index (χ2v) is 4.13. The van der Waals surface area contributed by atoms with E-state index in [1.165, 1.54) is 0 Å². The van der Waals surface area contributed by atoms with Gasteiger partial charge < -0.3 is 14.8 Å². The molecule has 108 valence electrons. The molecule has 1 fully saturated rings. The monoisotopic (exact) mass is 307 g/mol. The summed E-state index contributed by atoms with van der Waals surface area (Å²) >= 11 is 0. The molecule has 2 rings (SSSR count). The second-order valence-electron chi connectivity index (χ2n) is 4.13. The van der Waals surface area contributed by atoms with Crippen LogP contribution in [0.4, 0.5) is 0 Å². The number of hydrogen-bond acceptors (Lipinski definition) is 5. The van der Waals surface area contributed by atoms with Gasteiger partial charge in [-0.15, -0.1) is 24.8 Å². The zero-order valence-corrected chi connectivity index (χ0v) is 12.2. The van der Waals surface area contributed by atoms with Crippen LogP contribution in [0.5, 0.6) is 0 Å². The molecule has 0 saturated carbocycles. The van der Waals surface area contributed by atoms with Crippen LogP contribution in [0.1, 0.15) is 24.0 Å². The Hall–Kier alpha value is -0.770. The van der Waals surface area contributed by atoms with E-state index in [9.17, 15) is 0 Å². The predicted octanol–water partition coefficient (Wildman–Crippen LogP) is 1.48. The van der Waals surface area contributed by atoms with Gasteiger partial charge in [0.15, 0.2) is 0 Å². The molecule has 1 aliphatic rings. The Morgan fingerprint density at radius 1 is 1.37 bits per heavy atom. The SMILES string of the molecule is Cl.Cl.N#CC[C@H](c1ccc(CO)o1)N1CCNCC1. The summed E-state index contributed by atoms with van der Waals surface area (Å²) in [6, 6.07) is 5.83. The summed E-state index contributed by atoms with van der Waals surface area (Å²) in [5, 5.41) is 21.2. The minimum absolute atomic E-state index is 0. The van der Waals surface area contributed by atoms with E-state index >= 15 is 0 Å². The summed E-state index contributed by atoms with van der Waals surface area (Å²) in [7, 11) is 0. The summed E-state index contributed by atoms with van der Waals surface area (Å²) in [6.45, 7) is 3.62. The lowest BCUT2D eigenvalue weighted by molar-refractivity contribution is 0.151. The maximum absolute atomic E-state index is 8.99. The molecule has 0 spiro atoms. The fraction of sp³-hybridized carbons (Fsp3) is 0.583. The largest absolute Gasteiger partial charge is 0.462 e. The number of hydrogen-bond donors (Lipinski definition) is 2. The highest BCUT2D eigenvalue weighted by molar-refractivity contribution is 5.85. The average Bonchev–Trinajstić information content (AvgIpc) is 2.85. The highest BCUT2D eigenvalue weighted by Crippen LogP contribution is 2.26. The second kappa shape index (κ2) is 9.18. The third kappa shape index (κ3) is 4.68. The Kier molecular flexibility index (Phi) is 8.81. The van der Waals surface area contributed by atoms with Gasteiger partial charge >= 0.3 is 0 Å². The molecule has 19 heavy (non-hydrogen) atoms. The Bertz CT molecular complexity index is 400. The first kappa shape index (κ1) is 18.2. The molecule has 1 aliphatic heterocycles. The van der Waals surface area contributed by atoms with Gasteiger partial charge in [0, 0.05) is 26.2 Å². The molecule has 2 heterocycles. The molecule has 0 aliphatic carbocycles. The first-order chi connectivity index (χ1) is 8.35. The number of piperazine rings is 1. The van der Waals surface area contributed by atoms with Gasteiger partial charge in [-0.1, -0.05) is 0 Å². The molecule has 1 aromatic heterocycles. The van der Waals surface area contributed by atoms with Gasteiger partial charge in [0.2, 0.25) is 0 Å². The van der Waals surface area contributed by atoms with E-state index in [0.29, 0.717) is 12.2 Å². The number of furan rings is 1. The van der Waals surface area contributed by atoms with Crippen molar-refractivity contribution in [1.29, 1.82) is 5.26 Å². The summed E-state index contributed by atoms with van der Waals surface area (Å²) in [5.74, 6) is 1.33. The molecule has 0 bridgehead atoms. The number of aliphatic hydroxyl groups excluding tert-OH is 1. The predicted molar refractivity (Wildman–Crippen MR) is 76.5 cm³/mol. The van der Waals surface area contributed by atoms with Crippen LogP contribution in [-0.4, -0.2) is 36.2 Å². The van der Waals surface area contributed by atoms with Gasteiger partial charge in [-0.2, -0.15) is 5.26 Å². The lowest BCUT2D eigenvalue weighted by Crippen LogP contribution is -2.45. The van der Waals surface area contributed by atoms with Gasteiger partial charge in [-0.3, -0.25) is 4.90 Å². The van der Waals surface area contributed by atoms with Crippen molar-refractivity contribution in [2.45, 2.75) is 19.1 Å². The molecular weight excluding hydrogens is 289 g/mol. The van der Waals surface area contributed by atoms with Crippen LogP contribution >= 0.6 is 24.8 Å². The fourth-order valence-electron chi connectivity index (χ4n) is 2.15. The van der Waals surface area contributed by atoms with Crippen LogP contribution in [0.25, 0.3) is 0 Å². The molecular formula is C12H19Cl2N3O2. The summed E-state index contributed by atoms with van der Waals surface area (Å²) in [5.41, 5.74) is 0. The third-order valence-corrected chi connectivity index (χ3v) is 3.04. The lowest BCUT2D eigenvalue weighted by Gasteiger charge is -2.32. The van der Waals surface area contributed by atoms with Crippen LogP contribution < -0.4 is 5.32 Å². The molecule has 0 aromatic carbocycles. The zero-order chi connectivity index (χ0) is 12.1. The molecule has 1 aromatic rings. The van der Waals surface area contributed by atoms with Crippen molar-refractivity contribution in [2.75, 3.05) is 26.2 Å². The highest BCUT2D eigenvalue weighted by atomic mass is 35.5. The number of halogens is 2. The van der Waals surface area contributed by atoms with Crippen molar-refractivity contribution >= 4 is 24.8 Å². The van der Waals surface area contributed by atoms with Gasteiger partial charge in [0.25, 0.3) is 0 Å². The average molecular weight is 308 g/mol. The molecule has 0 unspecified atom stereocenters. The highest BCUT2D eigenvalue weighted by Gasteiger charge is 2.24. The van der Waals surface area contributed by atoms with Gasteiger partial charge in [0.05, 0.1) is 18.5 Å². The standard InChI is InChI=1S/C12H17N3O2.2ClH/c13-4-3-11(15-7-5-14-6-8-15)12-2-1-10(9-16)17-12;;/h1-2,11,14,16H,3,5-9H2;2*1H/t11-;;/m1../s1. The summed E-state index contributed by atoms with van der Waals surface area (Å²) in [4.78, 5) is 2.25. The van der Waals surface area contributed by atoms with E-state index in [2.05, 4.69) is 16.3 Å². The van der Waals surface area contributed by atoms with Crippen LogP contribution in [0, 0.1) is 11.3 Å². The van der Waals surface area contributed by atoms with E-state index in [0.717, 1.165) is 31.9 Å². The normalized spacial score (nSPS) is 16.8. The van der Waals surface area contributed by atoms with Crippen molar-refractivity contribution in [2.24, 2.45) is 0 Å². The lowest BCUT2D eigenvalue weighted by atomic mass is 10.1. The molecule has 1 saturated heterocycles. The number of nitrogens with one attached hydrogen (secondary N) is 1. The van der Waals surface area contributed by atoms with Crippen molar-refractivity contribution < 1.29 is 9.52 Å². The summed E-state index contributed by atoms with van der Waals surface area (Å²) in [6.07, 6.45) is 0.415. The molecule has 5 nitrogen and oxygen atoms in total. The van der Waals surface area contributed by atoms with Crippen LogP contribution in [0.15, 0.2) is 16.5 Å². The van der Waals surface area contributed by atoms with Gasteiger partial charge in [-0.25, -0.2) is 0 Å². The van der Waals surface area contributed by atoms with Gasteiger partial charge in [-0.05, 0) is 12.1 Å². The Labute approximate surface area is 125 Å². The Morgan fingerprint density at radius 3 is 2.58 bits per heavy atom. The smallest absolute Gasteiger partial charge is 0.129 e. The van der Waals surface area contributed by atoms with E-state index in [-0.39, 0.29) is 37.5 Å². The van der Waals surface area contributed by atoms with Crippen molar-refractivity contribution in [3.05, 3.63) is 23.7 Å². The maximum Gasteiger partial charge on any atom is 0.129 e. The van der Waals surface area contributed by atoms with Crippen molar-refractivity contribution in [3.8, 4) is 6.07 Å². The van der Waals surface area contributed by atoms with E-state index < -0.39 is 0 Å². The zero-order valence-electron chi connectivity index (χ0n) is 10.5. The summed E-state index contributed by atoms with van der Waals surface area (Å²) < 4.78 is 5.54. The number of rotatable bonds is 4. The molecule has 0 amide bonds. The van der Waals surface area contributed by atoms with Crippen molar-refractivity contribution in [3.63, 3.8) is 0 Å². The minimum Gasteiger partial charge on any atom is -0.462 e. The van der Waals surface area contributed by atoms with E-state index in [1.54, 1.807) is 6.07 Å². The van der Waals surface area contributed by atoms with Crippen LogP contribution in [0.2, 0.25) is 0 Å². The number of aliphatic hydroxyl groups is 1. The molecule has 2 N–H and O–H groups in total. The number of nitrogens with zero attached hydrogens (tertiary/aromatic N) is 2.